The highest BCUT2D eigenvalue weighted by molar-refractivity contribution is 5.67. The fourth-order valence-corrected chi connectivity index (χ4v) is 2.63. The first-order chi connectivity index (χ1) is 10.2. The van der Waals surface area contributed by atoms with E-state index in [9.17, 15) is 4.79 Å². The fraction of sp³-hybridized carbons (Fsp3) is 0.429. The average Bonchev–Trinajstić information content (AvgIpc) is 3.10. The van der Waals surface area contributed by atoms with Crippen LogP contribution < -0.4 is 0 Å². The van der Waals surface area contributed by atoms with Gasteiger partial charge in [0.2, 0.25) is 11.7 Å². The summed E-state index contributed by atoms with van der Waals surface area (Å²) in [5.41, 5.74) is 0.663. The Kier molecular flexibility index (Phi) is 3.92. The molecule has 1 N–H and O–H groups in total. The molecule has 0 amide bonds. The second kappa shape index (κ2) is 6.01. The van der Waals surface area contributed by atoms with E-state index in [1.54, 1.807) is 6.20 Å². The first kappa shape index (κ1) is 13.7. The molecule has 1 aliphatic rings. The van der Waals surface area contributed by atoms with Gasteiger partial charge in [-0.3, -0.25) is 14.7 Å². The summed E-state index contributed by atoms with van der Waals surface area (Å²) in [5, 5.41) is 12.8. The molecule has 0 saturated carbocycles. The van der Waals surface area contributed by atoms with Crippen molar-refractivity contribution in [2.75, 3.05) is 6.54 Å². The second-order valence-electron chi connectivity index (χ2n) is 5.09. The third-order valence-electron chi connectivity index (χ3n) is 3.61. The van der Waals surface area contributed by atoms with Crippen LogP contribution in [-0.2, 0) is 11.3 Å². The zero-order valence-corrected chi connectivity index (χ0v) is 11.5. The summed E-state index contributed by atoms with van der Waals surface area (Å²) in [7, 11) is 0. The number of pyridine rings is 1. The maximum Gasteiger partial charge on any atom is 0.304 e. The summed E-state index contributed by atoms with van der Waals surface area (Å²) >= 11 is 0. The number of rotatable bonds is 5. The Hall–Kier alpha value is -2.28. The lowest BCUT2D eigenvalue weighted by Crippen LogP contribution is -2.30. The first-order valence-corrected chi connectivity index (χ1v) is 6.92. The number of carboxylic acids is 1. The maximum atomic E-state index is 10.9. The van der Waals surface area contributed by atoms with Crippen molar-refractivity contribution >= 4 is 5.97 Å². The van der Waals surface area contributed by atoms with Crippen molar-refractivity contribution in [3.63, 3.8) is 0 Å². The number of likely N-dealkylation sites (tertiary alicyclic amines) is 1. The minimum Gasteiger partial charge on any atom is -0.481 e. The van der Waals surface area contributed by atoms with Gasteiger partial charge >= 0.3 is 5.97 Å². The van der Waals surface area contributed by atoms with Crippen LogP contribution in [0.3, 0.4) is 0 Å². The van der Waals surface area contributed by atoms with Crippen LogP contribution >= 0.6 is 0 Å². The number of carbonyl (C=O) groups is 1. The SMILES string of the molecule is O=C(O)CC1CCCN1Cc1nc(-c2ccccn2)no1. The van der Waals surface area contributed by atoms with Crippen molar-refractivity contribution in [3.8, 4) is 11.5 Å². The van der Waals surface area contributed by atoms with Crippen molar-refractivity contribution in [2.45, 2.75) is 31.8 Å². The Morgan fingerprint density at radius 2 is 2.38 bits per heavy atom. The fourth-order valence-electron chi connectivity index (χ4n) is 2.63. The molecule has 2 aromatic heterocycles. The Morgan fingerprint density at radius 3 is 3.14 bits per heavy atom. The average molecular weight is 288 g/mol. The number of hydrogen-bond donors (Lipinski definition) is 1. The molecule has 7 nitrogen and oxygen atoms in total. The molecule has 2 aromatic rings. The van der Waals surface area contributed by atoms with Gasteiger partial charge in [0.25, 0.3) is 0 Å². The summed E-state index contributed by atoms with van der Waals surface area (Å²) in [6.07, 6.45) is 3.72. The molecule has 7 heteroatoms. The van der Waals surface area contributed by atoms with Gasteiger partial charge in [0.15, 0.2) is 0 Å². The molecule has 1 saturated heterocycles. The maximum absolute atomic E-state index is 10.9. The summed E-state index contributed by atoms with van der Waals surface area (Å²) < 4.78 is 5.24. The van der Waals surface area contributed by atoms with Crippen molar-refractivity contribution in [2.24, 2.45) is 0 Å². The molecule has 3 rings (SSSR count). The lowest BCUT2D eigenvalue weighted by molar-refractivity contribution is -0.138. The van der Waals surface area contributed by atoms with Gasteiger partial charge in [-0.15, -0.1) is 0 Å². The van der Waals surface area contributed by atoms with Crippen molar-refractivity contribution in [1.29, 1.82) is 0 Å². The minimum atomic E-state index is -0.772. The third-order valence-corrected chi connectivity index (χ3v) is 3.61. The molecule has 0 bridgehead atoms. The smallest absolute Gasteiger partial charge is 0.304 e. The van der Waals surface area contributed by atoms with Gasteiger partial charge in [0.1, 0.15) is 5.69 Å². The Morgan fingerprint density at radius 1 is 1.48 bits per heavy atom. The number of aromatic nitrogens is 3. The van der Waals surface area contributed by atoms with Crippen LogP contribution in [0.1, 0.15) is 25.2 Å². The predicted molar refractivity (Wildman–Crippen MR) is 73.2 cm³/mol. The zero-order valence-electron chi connectivity index (χ0n) is 11.5. The lowest BCUT2D eigenvalue weighted by atomic mass is 10.1. The minimum absolute atomic E-state index is 0.0488. The Labute approximate surface area is 121 Å². The van der Waals surface area contributed by atoms with E-state index in [0.29, 0.717) is 24.0 Å². The number of hydrogen-bond acceptors (Lipinski definition) is 6. The van der Waals surface area contributed by atoms with E-state index in [2.05, 4.69) is 20.0 Å². The van der Waals surface area contributed by atoms with E-state index in [0.717, 1.165) is 19.4 Å². The molecule has 1 fully saturated rings. The van der Waals surface area contributed by atoms with Crippen molar-refractivity contribution in [3.05, 3.63) is 30.3 Å². The number of carboxylic acid groups (broad SMARTS) is 1. The van der Waals surface area contributed by atoms with Crippen molar-refractivity contribution in [1.82, 2.24) is 20.0 Å². The molecule has 21 heavy (non-hydrogen) atoms. The molecule has 110 valence electrons. The molecule has 3 heterocycles. The molecular formula is C14H16N4O3. The van der Waals surface area contributed by atoms with Gasteiger partial charge in [-0.25, -0.2) is 0 Å². The van der Waals surface area contributed by atoms with Crippen LogP contribution in [-0.4, -0.2) is 43.7 Å². The van der Waals surface area contributed by atoms with E-state index in [-0.39, 0.29) is 12.5 Å². The molecule has 1 atom stereocenters. The quantitative estimate of drug-likeness (QED) is 0.892. The zero-order chi connectivity index (χ0) is 14.7. The normalized spacial score (nSPS) is 19.0. The van der Waals surface area contributed by atoms with Gasteiger partial charge in [0.05, 0.1) is 13.0 Å². The highest BCUT2D eigenvalue weighted by Crippen LogP contribution is 2.22. The molecular weight excluding hydrogens is 272 g/mol. The van der Waals surface area contributed by atoms with Gasteiger partial charge in [-0.1, -0.05) is 11.2 Å². The molecule has 1 unspecified atom stereocenters. The topological polar surface area (TPSA) is 92.3 Å². The van der Waals surface area contributed by atoms with E-state index in [1.165, 1.54) is 0 Å². The molecule has 0 spiro atoms. The monoisotopic (exact) mass is 288 g/mol. The third kappa shape index (κ3) is 3.25. The van der Waals surface area contributed by atoms with Gasteiger partial charge in [0, 0.05) is 12.2 Å². The summed E-state index contributed by atoms with van der Waals surface area (Å²) in [5.74, 6) is 0.180. The number of nitrogens with zero attached hydrogens (tertiary/aromatic N) is 4. The highest BCUT2D eigenvalue weighted by atomic mass is 16.5. The van der Waals surface area contributed by atoms with Crippen LogP contribution in [0, 0.1) is 0 Å². The highest BCUT2D eigenvalue weighted by Gasteiger charge is 2.28. The van der Waals surface area contributed by atoms with Crippen LogP contribution in [0.25, 0.3) is 11.5 Å². The lowest BCUT2D eigenvalue weighted by Gasteiger charge is -2.20. The summed E-state index contributed by atoms with van der Waals surface area (Å²) in [6, 6.07) is 5.55. The van der Waals surface area contributed by atoms with E-state index < -0.39 is 5.97 Å². The van der Waals surface area contributed by atoms with E-state index >= 15 is 0 Å². The Balaban J connectivity index is 1.68. The van der Waals surface area contributed by atoms with Crippen molar-refractivity contribution < 1.29 is 14.4 Å². The van der Waals surface area contributed by atoms with Crippen LogP contribution in [0.2, 0.25) is 0 Å². The van der Waals surface area contributed by atoms with Gasteiger partial charge in [-0.05, 0) is 31.5 Å². The van der Waals surface area contributed by atoms with Gasteiger partial charge < -0.3 is 9.63 Å². The van der Waals surface area contributed by atoms with Gasteiger partial charge in [-0.2, -0.15) is 4.98 Å². The second-order valence-corrected chi connectivity index (χ2v) is 5.09. The molecule has 0 aliphatic carbocycles. The summed E-state index contributed by atoms with van der Waals surface area (Å²) in [4.78, 5) is 21.4. The largest absolute Gasteiger partial charge is 0.481 e. The Bertz CT molecular complexity index is 614. The summed E-state index contributed by atoms with van der Waals surface area (Å²) in [6.45, 7) is 1.34. The molecule has 1 aliphatic heterocycles. The van der Waals surface area contributed by atoms with Crippen LogP contribution in [0.15, 0.2) is 28.9 Å². The van der Waals surface area contributed by atoms with E-state index in [4.69, 9.17) is 9.63 Å². The predicted octanol–water partition coefficient (Wildman–Crippen LogP) is 1.57. The first-order valence-electron chi connectivity index (χ1n) is 6.92. The number of aliphatic carboxylic acids is 1. The molecule has 0 aromatic carbocycles. The van der Waals surface area contributed by atoms with E-state index in [1.807, 2.05) is 18.2 Å². The molecule has 0 radical (unpaired) electrons. The van der Waals surface area contributed by atoms with Crippen LogP contribution in [0.4, 0.5) is 0 Å². The standard InChI is InChI=1S/C14H16N4O3/c19-13(20)8-10-4-3-7-18(10)9-12-16-14(17-21-12)11-5-1-2-6-15-11/h1-2,5-6,10H,3-4,7-9H2,(H,19,20). The van der Waals surface area contributed by atoms with Crippen LogP contribution in [0.5, 0.6) is 0 Å².